The number of esters is 4. The zero-order chi connectivity index (χ0) is 70.1. The van der Waals surface area contributed by atoms with Gasteiger partial charge in [-0.3, -0.25) is 37.3 Å². The number of hydrogen-bond donors (Lipinski definition) is 3. The van der Waals surface area contributed by atoms with Gasteiger partial charge in [-0.05, 0) is 43.4 Å². The molecule has 0 amide bonds. The second kappa shape index (κ2) is 66.6. The van der Waals surface area contributed by atoms with Crippen molar-refractivity contribution in [2.45, 2.75) is 407 Å². The van der Waals surface area contributed by atoms with E-state index in [0.717, 1.165) is 114 Å². The maximum Gasteiger partial charge on any atom is 0.472 e. The summed E-state index contributed by atoms with van der Waals surface area (Å²) in [5, 5.41) is 10.6. The summed E-state index contributed by atoms with van der Waals surface area (Å²) in [6, 6.07) is 0. The zero-order valence-corrected chi connectivity index (χ0v) is 63.9. The monoisotopic (exact) mass is 1400 g/mol. The van der Waals surface area contributed by atoms with Crippen molar-refractivity contribution in [2.75, 3.05) is 39.6 Å². The van der Waals surface area contributed by atoms with Gasteiger partial charge in [-0.15, -0.1) is 0 Å². The van der Waals surface area contributed by atoms with E-state index in [9.17, 15) is 43.2 Å². The van der Waals surface area contributed by atoms with Crippen LogP contribution in [0.15, 0.2) is 0 Å². The van der Waals surface area contributed by atoms with Crippen LogP contribution in [0.2, 0.25) is 0 Å². The van der Waals surface area contributed by atoms with Crippen LogP contribution >= 0.6 is 15.6 Å². The first-order chi connectivity index (χ1) is 45.8. The first-order valence-corrected chi connectivity index (χ1v) is 42.4. The summed E-state index contributed by atoms with van der Waals surface area (Å²) in [7, 11) is -9.90. The molecule has 0 saturated carbocycles. The first-order valence-electron chi connectivity index (χ1n) is 39.4. The van der Waals surface area contributed by atoms with Gasteiger partial charge in [0.1, 0.15) is 19.3 Å². The standard InChI is InChI=1S/C76H148O17P2/c1-8-10-11-40-50-57-73(78)86-63-71(92-75(80)60-53-46-39-33-27-26-29-35-42-48-55-68(5)6)65-90-94(82,83)88-61-70(77)62-89-95(84,85)91-66-72(64-87-74(79)58-51-44-37-31-24-21-20-22-28-34-41-47-54-67(3)4)93-76(81)59-52-45-38-32-25-19-17-15-13-12-14-16-18-23-30-36-43-49-56-69(7)9-2/h67-72,77H,8-66H2,1-7H3,(H,82,83)(H,84,85)/t69?,70-,71+,72+/m0/s1. The Bertz CT molecular complexity index is 1850. The summed E-state index contributed by atoms with van der Waals surface area (Å²) in [5.74, 6) is 0.275. The van der Waals surface area contributed by atoms with Crippen LogP contribution in [0.3, 0.4) is 0 Å². The van der Waals surface area contributed by atoms with E-state index in [1.54, 1.807) is 0 Å². The van der Waals surface area contributed by atoms with Crippen molar-refractivity contribution in [3.8, 4) is 0 Å². The van der Waals surface area contributed by atoms with Gasteiger partial charge in [-0.25, -0.2) is 9.13 Å². The van der Waals surface area contributed by atoms with E-state index in [2.05, 4.69) is 48.5 Å². The fourth-order valence-corrected chi connectivity index (χ4v) is 13.1. The summed E-state index contributed by atoms with van der Waals surface area (Å²) >= 11 is 0. The number of hydrogen-bond acceptors (Lipinski definition) is 15. The third-order valence-electron chi connectivity index (χ3n) is 18.0. The number of carbonyl (C=O) groups is 4. The molecule has 3 N–H and O–H groups in total. The zero-order valence-electron chi connectivity index (χ0n) is 62.1. The van der Waals surface area contributed by atoms with Crippen molar-refractivity contribution < 1.29 is 80.2 Å². The molecule has 0 radical (unpaired) electrons. The lowest BCUT2D eigenvalue weighted by Gasteiger charge is -2.21. The number of aliphatic hydroxyl groups is 1. The maximum absolute atomic E-state index is 13.1. The molecule has 0 aromatic carbocycles. The molecule has 0 aromatic rings. The first kappa shape index (κ1) is 93.1. The van der Waals surface area contributed by atoms with Gasteiger partial charge >= 0.3 is 39.5 Å². The summed E-state index contributed by atoms with van der Waals surface area (Å²) in [6.45, 7) is 11.9. The molecule has 564 valence electrons. The molecule has 0 spiro atoms. The Labute approximate surface area is 581 Å². The predicted molar refractivity (Wildman–Crippen MR) is 386 cm³/mol. The van der Waals surface area contributed by atoms with Crippen LogP contribution < -0.4 is 0 Å². The van der Waals surface area contributed by atoms with Crippen LogP contribution in [0, 0.1) is 17.8 Å². The number of aliphatic hydroxyl groups excluding tert-OH is 1. The Hall–Kier alpha value is -1.94. The molecule has 0 aliphatic rings. The molecule has 3 unspecified atom stereocenters. The van der Waals surface area contributed by atoms with E-state index in [4.69, 9.17) is 37.0 Å². The van der Waals surface area contributed by atoms with Crippen molar-refractivity contribution >= 4 is 39.5 Å². The lowest BCUT2D eigenvalue weighted by molar-refractivity contribution is -0.161. The maximum atomic E-state index is 13.1. The molecule has 17 nitrogen and oxygen atoms in total. The van der Waals surface area contributed by atoms with Crippen LogP contribution in [0.4, 0.5) is 0 Å². The number of phosphoric acid groups is 2. The minimum atomic E-state index is -4.96. The van der Waals surface area contributed by atoms with E-state index >= 15 is 0 Å². The molecular formula is C76H148O17P2. The van der Waals surface area contributed by atoms with Crippen molar-refractivity contribution in [3.05, 3.63) is 0 Å². The molecule has 0 aromatic heterocycles. The minimum absolute atomic E-state index is 0.105. The molecule has 0 aliphatic carbocycles. The molecule has 0 fully saturated rings. The van der Waals surface area contributed by atoms with Crippen molar-refractivity contribution in [3.63, 3.8) is 0 Å². The van der Waals surface area contributed by atoms with Crippen molar-refractivity contribution in [2.24, 2.45) is 17.8 Å². The number of carbonyl (C=O) groups excluding carboxylic acids is 4. The van der Waals surface area contributed by atoms with Crippen molar-refractivity contribution in [1.29, 1.82) is 0 Å². The van der Waals surface area contributed by atoms with Gasteiger partial charge in [0, 0.05) is 25.7 Å². The Morgan fingerprint density at radius 1 is 0.305 bits per heavy atom. The highest BCUT2D eigenvalue weighted by Gasteiger charge is 2.30. The van der Waals surface area contributed by atoms with Gasteiger partial charge in [0.25, 0.3) is 0 Å². The number of phosphoric ester groups is 2. The molecule has 95 heavy (non-hydrogen) atoms. The molecule has 6 atom stereocenters. The van der Waals surface area contributed by atoms with Crippen molar-refractivity contribution in [1.82, 2.24) is 0 Å². The van der Waals surface area contributed by atoms with Crippen LogP contribution in [0.25, 0.3) is 0 Å². The van der Waals surface area contributed by atoms with Gasteiger partial charge in [0.2, 0.25) is 0 Å². The molecule has 0 rings (SSSR count). The third-order valence-corrected chi connectivity index (χ3v) is 19.9. The molecule has 0 aliphatic heterocycles. The molecule has 19 heteroatoms. The Kier molecular flexibility index (Phi) is 65.2. The summed E-state index contributed by atoms with van der Waals surface area (Å²) in [4.78, 5) is 72.5. The Morgan fingerprint density at radius 3 is 0.800 bits per heavy atom. The van der Waals surface area contributed by atoms with E-state index in [1.807, 2.05) is 0 Å². The lowest BCUT2D eigenvalue weighted by atomic mass is 9.99. The Morgan fingerprint density at radius 2 is 0.537 bits per heavy atom. The topological polar surface area (TPSA) is 237 Å². The smallest absolute Gasteiger partial charge is 0.462 e. The molecule has 0 bridgehead atoms. The number of unbranched alkanes of at least 4 members (excludes halogenated alkanes) is 41. The molecule has 0 heterocycles. The van der Waals surface area contributed by atoms with Crippen LogP contribution in [0.1, 0.15) is 389 Å². The fraction of sp³-hybridized carbons (Fsp3) is 0.947. The van der Waals surface area contributed by atoms with E-state index in [-0.39, 0.29) is 25.7 Å². The summed E-state index contributed by atoms with van der Waals surface area (Å²) in [5.41, 5.74) is 0. The van der Waals surface area contributed by atoms with E-state index in [0.29, 0.717) is 25.7 Å². The van der Waals surface area contributed by atoms with Gasteiger partial charge < -0.3 is 33.8 Å². The van der Waals surface area contributed by atoms with Gasteiger partial charge in [-0.1, -0.05) is 337 Å². The van der Waals surface area contributed by atoms with Gasteiger partial charge in [-0.2, -0.15) is 0 Å². The van der Waals surface area contributed by atoms with E-state index in [1.165, 1.54) is 193 Å². The molecule has 0 saturated heterocycles. The SMILES string of the molecule is CCCCCCCC(=O)OC[C@H](COP(=O)(O)OC[C@H](O)COP(=O)(O)OC[C@@H](COC(=O)CCCCCCCCCCCCCCC(C)C)OC(=O)CCCCCCCCCCCCCCCCCCCCC(C)CC)OC(=O)CCCCCCCCCCCCC(C)C. The third kappa shape index (κ3) is 69.0. The van der Waals surface area contributed by atoms with Gasteiger partial charge in [0.05, 0.1) is 26.4 Å². The normalized spacial score (nSPS) is 14.4. The number of ether oxygens (including phenoxy) is 4. The van der Waals surface area contributed by atoms with Crippen LogP contribution in [-0.2, 0) is 65.4 Å². The van der Waals surface area contributed by atoms with E-state index < -0.39 is 97.5 Å². The second-order valence-corrected chi connectivity index (χ2v) is 31.5. The minimum Gasteiger partial charge on any atom is -0.462 e. The largest absolute Gasteiger partial charge is 0.472 e. The highest BCUT2D eigenvalue weighted by Crippen LogP contribution is 2.45. The Balaban J connectivity index is 5.12. The summed E-state index contributed by atoms with van der Waals surface area (Å²) in [6.07, 6.45) is 53.2. The lowest BCUT2D eigenvalue weighted by Crippen LogP contribution is -2.30. The second-order valence-electron chi connectivity index (χ2n) is 28.6. The highest BCUT2D eigenvalue weighted by atomic mass is 31.2. The average molecular weight is 1400 g/mol. The van der Waals surface area contributed by atoms with Crippen LogP contribution in [-0.4, -0.2) is 96.7 Å². The average Bonchev–Trinajstić information content (AvgIpc) is 2.07. The summed E-state index contributed by atoms with van der Waals surface area (Å²) < 4.78 is 68.3. The van der Waals surface area contributed by atoms with Gasteiger partial charge in [0.15, 0.2) is 12.2 Å². The predicted octanol–water partition coefficient (Wildman–Crippen LogP) is 22.2. The van der Waals surface area contributed by atoms with Crippen LogP contribution in [0.5, 0.6) is 0 Å². The number of rotatable bonds is 74. The molecular weight excluding hydrogens is 1250 g/mol. The quantitative estimate of drug-likeness (QED) is 0.0222. The fourth-order valence-electron chi connectivity index (χ4n) is 11.6. The highest BCUT2D eigenvalue weighted by molar-refractivity contribution is 7.47.